The van der Waals surface area contributed by atoms with Gasteiger partial charge in [-0.2, -0.15) is 0 Å². The fraction of sp³-hybridized carbons (Fsp3) is 0.692. The summed E-state index contributed by atoms with van der Waals surface area (Å²) in [7, 11) is 1.32. The van der Waals surface area contributed by atoms with Crippen molar-refractivity contribution in [1.82, 2.24) is 14.7 Å². The highest BCUT2D eigenvalue weighted by atomic mass is 16.4. The normalized spacial score (nSPS) is 10.8. The molecule has 0 spiro atoms. The second-order valence-electron chi connectivity index (χ2n) is 5.01. The van der Waals surface area contributed by atoms with Crippen LogP contribution in [0.1, 0.15) is 6.92 Å². The van der Waals surface area contributed by atoms with E-state index < -0.39 is 36.9 Å². The van der Waals surface area contributed by atoms with Crippen molar-refractivity contribution < 1.29 is 34.5 Å². The van der Waals surface area contributed by atoms with E-state index >= 15 is 0 Å². The Hall–Kier alpha value is -2.20. The predicted molar refractivity (Wildman–Crippen MR) is 79.1 cm³/mol. The number of nitrogens with zero attached hydrogens (tertiary/aromatic N) is 3. The topological polar surface area (TPSA) is 139 Å². The summed E-state index contributed by atoms with van der Waals surface area (Å²) in [4.78, 5) is 47.9. The summed E-state index contributed by atoms with van der Waals surface area (Å²) in [6.07, 6.45) is 0. The molecule has 0 heterocycles. The minimum absolute atomic E-state index is 0.176. The molecule has 0 saturated carbocycles. The highest BCUT2D eigenvalue weighted by Crippen LogP contribution is 1.96. The van der Waals surface area contributed by atoms with E-state index in [2.05, 4.69) is 0 Å². The lowest BCUT2D eigenvalue weighted by Crippen LogP contribution is -2.45. The van der Waals surface area contributed by atoms with Crippen molar-refractivity contribution in [3.63, 3.8) is 0 Å². The SMILES string of the molecule is CCN(CCN(CC(=O)O)CC(=O)N(C)CC(=O)O)CC(=O)O. The molecule has 0 saturated heterocycles. The summed E-state index contributed by atoms with van der Waals surface area (Å²) in [6.45, 7) is 1.42. The molecule has 0 aliphatic carbocycles. The van der Waals surface area contributed by atoms with Crippen LogP contribution in [-0.2, 0) is 19.2 Å². The van der Waals surface area contributed by atoms with Gasteiger partial charge in [0.05, 0.1) is 19.6 Å². The lowest BCUT2D eigenvalue weighted by Gasteiger charge is -2.26. The monoisotopic (exact) mass is 333 g/mol. The predicted octanol–water partition coefficient (Wildman–Crippen LogP) is -1.68. The molecule has 0 aliphatic rings. The number of hydrogen-bond donors (Lipinski definition) is 3. The zero-order valence-corrected chi connectivity index (χ0v) is 13.3. The van der Waals surface area contributed by atoms with Gasteiger partial charge in [0, 0.05) is 20.1 Å². The van der Waals surface area contributed by atoms with Gasteiger partial charge in [-0.25, -0.2) is 0 Å². The average molecular weight is 333 g/mol. The van der Waals surface area contributed by atoms with Gasteiger partial charge in [0.2, 0.25) is 5.91 Å². The second kappa shape index (κ2) is 10.5. The Balaban J connectivity index is 4.62. The third kappa shape index (κ3) is 10.2. The van der Waals surface area contributed by atoms with Gasteiger partial charge in [-0.3, -0.25) is 29.0 Å². The standard InChI is InChI=1S/C13H23N3O7/c1-3-15(8-12(20)21)4-5-16(9-13(22)23)6-10(17)14(2)7-11(18)19/h3-9H2,1-2H3,(H,18,19)(H,20,21)(H,22,23). The van der Waals surface area contributed by atoms with Crippen LogP contribution in [0.15, 0.2) is 0 Å². The molecule has 0 aliphatic heterocycles. The first-order valence-electron chi connectivity index (χ1n) is 6.99. The van der Waals surface area contributed by atoms with Crippen LogP contribution < -0.4 is 0 Å². The van der Waals surface area contributed by atoms with E-state index in [4.69, 9.17) is 15.3 Å². The van der Waals surface area contributed by atoms with Crippen molar-refractivity contribution in [1.29, 1.82) is 0 Å². The van der Waals surface area contributed by atoms with E-state index in [9.17, 15) is 19.2 Å². The van der Waals surface area contributed by atoms with Gasteiger partial charge in [-0.1, -0.05) is 6.92 Å². The van der Waals surface area contributed by atoms with E-state index in [-0.39, 0.29) is 26.2 Å². The highest BCUT2D eigenvalue weighted by Gasteiger charge is 2.19. The van der Waals surface area contributed by atoms with Crippen LogP contribution in [0, 0.1) is 0 Å². The van der Waals surface area contributed by atoms with E-state index in [1.807, 2.05) is 0 Å². The van der Waals surface area contributed by atoms with Gasteiger partial charge in [0.15, 0.2) is 0 Å². The van der Waals surface area contributed by atoms with Gasteiger partial charge < -0.3 is 20.2 Å². The second-order valence-corrected chi connectivity index (χ2v) is 5.01. The third-order valence-corrected chi connectivity index (χ3v) is 3.05. The smallest absolute Gasteiger partial charge is 0.323 e. The molecule has 0 aromatic rings. The molecule has 0 radical (unpaired) electrons. The van der Waals surface area contributed by atoms with E-state index in [1.165, 1.54) is 11.9 Å². The summed E-state index contributed by atoms with van der Waals surface area (Å²) in [5.74, 6) is -3.80. The van der Waals surface area contributed by atoms with Crippen molar-refractivity contribution in [2.75, 3.05) is 52.9 Å². The average Bonchev–Trinajstić information content (AvgIpc) is 2.41. The minimum atomic E-state index is -1.16. The minimum Gasteiger partial charge on any atom is -0.480 e. The Bertz CT molecular complexity index is 441. The lowest BCUT2D eigenvalue weighted by atomic mass is 10.3. The first-order valence-corrected chi connectivity index (χ1v) is 6.99. The Labute approximate surface area is 133 Å². The Morgan fingerprint density at radius 1 is 0.739 bits per heavy atom. The third-order valence-electron chi connectivity index (χ3n) is 3.05. The number of hydrogen-bond acceptors (Lipinski definition) is 6. The maximum atomic E-state index is 11.9. The molecule has 10 nitrogen and oxygen atoms in total. The number of amides is 1. The van der Waals surface area contributed by atoms with E-state index in [1.54, 1.807) is 11.8 Å². The molecule has 0 unspecified atom stereocenters. The van der Waals surface area contributed by atoms with Gasteiger partial charge in [0.1, 0.15) is 6.54 Å². The summed E-state index contributed by atoms with van der Waals surface area (Å²) >= 11 is 0. The summed E-state index contributed by atoms with van der Waals surface area (Å²) in [5.41, 5.74) is 0. The summed E-state index contributed by atoms with van der Waals surface area (Å²) < 4.78 is 0. The molecule has 1 amide bonds. The van der Waals surface area contributed by atoms with Crippen molar-refractivity contribution >= 4 is 23.8 Å². The van der Waals surface area contributed by atoms with E-state index in [0.717, 1.165) is 4.90 Å². The maximum absolute atomic E-state index is 11.9. The molecule has 0 aromatic carbocycles. The molecule has 23 heavy (non-hydrogen) atoms. The molecule has 0 atom stereocenters. The molecular weight excluding hydrogens is 310 g/mol. The number of carbonyl (C=O) groups excluding carboxylic acids is 1. The molecule has 0 fully saturated rings. The quantitative estimate of drug-likeness (QED) is 0.382. The molecule has 0 aromatic heterocycles. The molecule has 0 rings (SSSR count). The van der Waals surface area contributed by atoms with Crippen molar-refractivity contribution in [2.45, 2.75) is 6.92 Å². The van der Waals surface area contributed by atoms with Crippen LogP contribution in [0.5, 0.6) is 0 Å². The largest absolute Gasteiger partial charge is 0.480 e. The number of carbonyl (C=O) groups is 4. The van der Waals surface area contributed by atoms with Gasteiger partial charge in [-0.15, -0.1) is 0 Å². The fourth-order valence-electron chi connectivity index (χ4n) is 1.83. The van der Waals surface area contributed by atoms with Crippen LogP contribution in [0.3, 0.4) is 0 Å². The van der Waals surface area contributed by atoms with Crippen LogP contribution in [0.25, 0.3) is 0 Å². The van der Waals surface area contributed by atoms with Crippen LogP contribution in [-0.4, -0.2) is 107 Å². The van der Waals surface area contributed by atoms with Crippen molar-refractivity contribution in [3.8, 4) is 0 Å². The zero-order valence-electron chi connectivity index (χ0n) is 13.3. The van der Waals surface area contributed by atoms with Crippen molar-refractivity contribution in [2.24, 2.45) is 0 Å². The number of carboxylic acid groups (broad SMARTS) is 3. The van der Waals surface area contributed by atoms with Gasteiger partial charge >= 0.3 is 17.9 Å². The van der Waals surface area contributed by atoms with E-state index in [0.29, 0.717) is 6.54 Å². The first kappa shape index (κ1) is 20.8. The maximum Gasteiger partial charge on any atom is 0.323 e. The molecule has 132 valence electrons. The summed E-state index contributed by atoms with van der Waals surface area (Å²) in [5, 5.41) is 26.3. The van der Waals surface area contributed by atoms with Gasteiger partial charge in [0.25, 0.3) is 0 Å². The summed E-state index contributed by atoms with van der Waals surface area (Å²) in [6, 6.07) is 0. The highest BCUT2D eigenvalue weighted by molar-refractivity contribution is 5.83. The number of aliphatic carboxylic acids is 3. The van der Waals surface area contributed by atoms with Crippen LogP contribution in [0.4, 0.5) is 0 Å². The Kier molecular flexibility index (Phi) is 9.51. The van der Waals surface area contributed by atoms with Gasteiger partial charge in [-0.05, 0) is 6.54 Å². The number of likely N-dealkylation sites (N-methyl/N-ethyl adjacent to an activating group) is 2. The van der Waals surface area contributed by atoms with Crippen LogP contribution >= 0.6 is 0 Å². The van der Waals surface area contributed by atoms with Crippen molar-refractivity contribution in [3.05, 3.63) is 0 Å². The zero-order chi connectivity index (χ0) is 18.0. The molecule has 0 bridgehead atoms. The molecule has 3 N–H and O–H groups in total. The molecular formula is C13H23N3O7. The Morgan fingerprint density at radius 2 is 1.17 bits per heavy atom. The van der Waals surface area contributed by atoms with Crippen LogP contribution in [0.2, 0.25) is 0 Å². The lowest BCUT2D eigenvalue weighted by molar-refractivity contribution is -0.145. The first-order chi connectivity index (χ1) is 10.6. The molecule has 10 heteroatoms. The fourth-order valence-corrected chi connectivity index (χ4v) is 1.83. The number of carboxylic acids is 3. The Morgan fingerprint density at radius 3 is 1.61 bits per heavy atom. The number of rotatable bonds is 12.